The SMILES string of the molecule is CC1CCN(C(=N)C(C#N)=C2C=CC(C(F)(F)F)=CN2)CC1. The Morgan fingerprint density at radius 1 is 1.36 bits per heavy atom. The van der Waals surface area contributed by atoms with E-state index in [1.165, 1.54) is 6.08 Å². The smallest absolute Gasteiger partial charge is 0.360 e. The lowest BCUT2D eigenvalue weighted by Crippen LogP contribution is -2.39. The van der Waals surface area contributed by atoms with Gasteiger partial charge in [-0.1, -0.05) is 6.92 Å². The number of dihydropyridines is 1. The van der Waals surface area contributed by atoms with E-state index in [9.17, 15) is 18.4 Å². The van der Waals surface area contributed by atoms with Crippen molar-refractivity contribution in [1.82, 2.24) is 10.2 Å². The summed E-state index contributed by atoms with van der Waals surface area (Å²) in [6.45, 7) is 3.51. The largest absolute Gasteiger partial charge is 0.417 e. The lowest BCUT2D eigenvalue weighted by molar-refractivity contribution is -0.0886. The number of nitrogens with one attached hydrogen (secondary N) is 2. The molecule has 0 bridgehead atoms. The highest BCUT2D eigenvalue weighted by molar-refractivity contribution is 6.00. The molecule has 0 aromatic carbocycles. The van der Waals surface area contributed by atoms with E-state index in [4.69, 9.17) is 5.41 Å². The Morgan fingerprint density at radius 3 is 2.45 bits per heavy atom. The Morgan fingerprint density at radius 2 is 2.00 bits per heavy atom. The van der Waals surface area contributed by atoms with Gasteiger partial charge in [0.05, 0.1) is 11.3 Å². The number of alkyl halides is 3. The van der Waals surface area contributed by atoms with Crippen LogP contribution in [-0.4, -0.2) is 30.0 Å². The fourth-order valence-corrected chi connectivity index (χ4v) is 2.39. The molecule has 22 heavy (non-hydrogen) atoms. The number of rotatable bonds is 1. The van der Waals surface area contributed by atoms with Crippen molar-refractivity contribution in [2.75, 3.05) is 13.1 Å². The first-order valence-electron chi connectivity index (χ1n) is 7.03. The molecule has 0 aromatic heterocycles. The van der Waals surface area contributed by atoms with Crippen LogP contribution in [0.4, 0.5) is 13.2 Å². The van der Waals surface area contributed by atoms with E-state index in [-0.39, 0.29) is 17.1 Å². The first-order chi connectivity index (χ1) is 10.3. The minimum Gasteiger partial charge on any atom is -0.360 e. The van der Waals surface area contributed by atoms with Gasteiger partial charge in [-0.3, -0.25) is 5.41 Å². The summed E-state index contributed by atoms with van der Waals surface area (Å²) in [5.74, 6) is 0.651. The molecule has 2 N–H and O–H groups in total. The highest BCUT2D eigenvalue weighted by atomic mass is 19.4. The third-order valence-electron chi connectivity index (χ3n) is 3.86. The second kappa shape index (κ2) is 6.26. The first kappa shape index (κ1) is 16.1. The molecule has 0 unspecified atom stereocenters. The maximum atomic E-state index is 12.5. The maximum Gasteiger partial charge on any atom is 0.417 e. The number of allylic oxidation sites excluding steroid dienone is 3. The second-order valence-electron chi connectivity index (χ2n) is 5.49. The van der Waals surface area contributed by atoms with Gasteiger partial charge in [0.1, 0.15) is 17.5 Å². The van der Waals surface area contributed by atoms with Crippen LogP contribution in [-0.2, 0) is 0 Å². The van der Waals surface area contributed by atoms with Crippen LogP contribution in [0.15, 0.2) is 35.2 Å². The Bertz CT molecular complexity index is 585. The molecule has 4 nitrogen and oxygen atoms in total. The van der Waals surface area contributed by atoms with Crippen LogP contribution >= 0.6 is 0 Å². The van der Waals surface area contributed by atoms with Crippen molar-refractivity contribution in [3.63, 3.8) is 0 Å². The summed E-state index contributed by atoms with van der Waals surface area (Å²) >= 11 is 0. The molecule has 7 heteroatoms. The number of halogens is 3. The van der Waals surface area contributed by atoms with Gasteiger partial charge in [0.25, 0.3) is 0 Å². The molecule has 2 aliphatic heterocycles. The molecule has 0 aromatic rings. The van der Waals surface area contributed by atoms with Gasteiger partial charge in [-0.15, -0.1) is 0 Å². The molecular formula is C15H17F3N4. The van der Waals surface area contributed by atoms with Crippen LogP contribution in [0.25, 0.3) is 0 Å². The summed E-state index contributed by atoms with van der Waals surface area (Å²) in [6.07, 6.45) is 0.378. The Balaban J connectivity index is 2.16. The number of piperidine rings is 1. The summed E-state index contributed by atoms with van der Waals surface area (Å²) in [6, 6.07) is 1.92. The number of hydrogen-bond donors (Lipinski definition) is 2. The zero-order valence-corrected chi connectivity index (χ0v) is 12.2. The zero-order valence-electron chi connectivity index (χ0n) is 12.2. The van der Waals surface area contributed by atoms with Crippen molar-refractivity contribution in [3.05, 3.63) is 35.2 Å². The van der Waals surface area contributed by atoms with Gasteiger partial charge in [-0.25, -0.2) is 0 Å². The average Bonchev–Trinajstić information content (AvgIpc) is 2.48. The van der Waals surface area contributed by atoms with E-state index >= 15 is 0 Å². The predicted molar refractivity (Wildman–Crippen MR) is 76.8 cm³/mol. The molecule has 0 saturated carbocycles. The molecule has 1 saturated heterocycles. The predicted octanol–water partition coefficient (Wildman–Crippen LogP) is 3.08. The Labute approximate surface area is 127 Å². The molecule has 0 radical (unpaired) electrons. The Kier molecular flexibility index (Phi) is 4.59. The topological polar surface area (TPSA) is 62.9 Å². The summed E-state index contributed by atoms with van der Waals surface area (Å²) in [4.78, 5) is 1.80. The van der Waals surface area contributed by atoms with E-state index in [2.05, 4.69) is 12.2 Å². The highest BCUT2D eigenvalue weighted by Gasteiger charge is 2.33. The Hall–Kier alpha value is -2.23. The van der Waals surface area contributed by atoms with E-state index in [1.54, 1.807) is 4.90 Å². The molecular weight excluding hydrogens is 293 g/mol. The van der Waals surface area contributed by atoms with Crippen LogP contribution in [0.2, 0.25) is 0 Å². The van der Waals surface area contributed by atoms with Gasteiger partial charge in [0, 0.05) is 19.3 Å². The molecule has 0 aliphatic carbocycles. The minimum atomic E-state index is -4.43. The minimum absolute atomic E-state index is 0.0586. The fourth-order valence-electron chi connectivity index (χ4n) is 2.39. The van der Waals surface area contributed by atoms with Crippen molar-refractivity contribution in [2.45, 2.75) is 25.9 Å². The lowest BCUT2D eigenvalue weighted by atomic mass is 9.98. The molecule has 2 heterocycles. The number of nitrogens with zero attached hydrogens (tertiary/aromatic N) is 2. The van der Waals surface area contributed by atoms with Crippen molar-refractivity contribution in [2.24, 2.45) is 5.92 Å². The normalized spacial score (nSPS) is 21.8. The highest BCUT2D eigenvalue weighted by Crippen LogP contribution is 2.28. The van der Waals surface area contributed by atoms with Gasteiger partial charge in [0.2, 0.25) is 0 Å². The van der Waals surface area contributed by atoms with Crippen molar-refractivity contribution >= 4 is 5.84 Å². The summed E-state index contributed by atoms with van der Waals surface area (Å²) < 4.78 is 37.6. The van der Waals surface area contributed by atoms with E-state index < -0.39 is 11.7 Å². The lowest BCUT2D eigenvalue weighted by Gasteiger charge is -2.32. The van der Waals surface area contributed by atoms with Gasteiger partial charge in [0.15, 0.2) is 0 Å². The third kappa shape index (κ3) is 3.50. The molecule has 0 spiro atoms. The van der Waals surface area contributed by atoms with E-state index in [0.29, 0.717) is 19.0 Å². The third-order valence-corrected chi connectivity index (χ3v) is 3.86. The molecule has 2 rings (SSSR count). The van der Waals surface area contributed by atoms with E-state index in [1.807, 2.05) is 6.07 Å². The van der Waals surface area contributed by atoms with Crippen LogP contribution < -0.4 is 5.32 Å². The van der Waals surface area contributed by atoms with Crippen molar-refractivity contribution in [1.29, 1.82) is 10.7 Å². The maximum absolute atomic E-state index is 12.5. The average molecular weight is 310 g/mol. The van der Waals surface area contributed by atoms with Gasteiger partial charge in [-0.2, -0.15) is 18.4 Å². The van der Waals surface area contributed by atoms with Gasteiger partial charge < -0.3 is 10.2 Å². The fraction of sp³-hybridized carbons (Fsp3) is 0.467. The van der Waals surface area contributed by atoms with Crippen molar-refractivity contribution in [3.8, 4) is 6.07 Å². The number of hydrogen-bond acceptors (Lipinski definition) is 3. The van der Waals surface area contributed by atoms with Gasteiger partial charge >= 0.3 is 6.18 Å². The zero-order chi connectivity index (χ0) is 16.3. The number of likely N-dealkylation sites (tertiary alicyclic amines) is 1. The summed E-state index contributed by atoms with van der Waals surface area (Å²) in [5, 5.41) is 19.9. The second-order valence-corrected chi connectivity index (χ2v) is 5.49. The van der Waals surface area contributed by atoms with Crippen LogP contribution in [0.3, 0.4) is 0 Å². The monoisotopic (exact) mass is 310 g/mol. The van der Waals surface area contributed by atoms with E-state index in [0.717, 1.165) is 25.1 Å². The van der Waals surface area contributed by atoms with Crippen LogP contribution in [0, 0.1) is 22.7 Å². The summed E-state index contributed by atoms with van der Waals surface area (Å²) in [5.41, 5.74) is -0.533. The molecule has 118 valence electrons. The molecule has 1 fully saturated rings. The van der Waals surface area contributed by atoms with Crippen LogP contribution in [0.1, 0.15) is 19.8 Å². The molecule has 0 amide bonds. The summed E-state index contributed by atoms with van der Waals surface area (Å²) in [7, 11) is 0. The van der Waals surface area contributed by atoms with Crippen molar-refractivity contribution < 1.29 is 13.2 Å². The number of amidine groups is 1. The first-order valence-corrected chi connectivity index (χ1v) is 7.03. The van der Waals surface area contributed by atoms with Crippen LogP contribution in [0.5, 0.6) is 0 Å². The number of nitriles is 1. The quantitative estimate of drug-likeness (QED) is 0.444. The molecule has 2 aliphatic rings. The van der Waals surface area contributed by atoms with Gasteiger partial charge in [-0.05, 0) is 30.9 Å². The molecule has 0 atom stereocenters. The standard InChI is InChI=1S/C15H17F3N4/c1-10-4-6-22(7-5-10)14(20)12(8-19)13-3-2-11(9-21-13)15(16,17)18/h2-3,9-10,20-21H,4-7H2,1H3.